The third-order valence-electron chi connectivity index (χ3n) is 5.64. The lowest BCUT2D eigenvalue weighted by Crippen LogP contribution is -2.45. The van der Waals surface area contributed by atoms with Gasteiger partial charge >= 0.3 is 0 Å². The Kier molecular flexibility index (Phi) is 6.59. The average Bonchev–Trinajstić information content (AvgIpc) is 2.67. The maximum Gasteiger partial charge on any atom is 0.254 e. The van der Waals surface area contributed by atoms with Gasteiger partial charge < -0.3 is 15.0 Å². The first-order valence-corrected chi connectivity index (χ1v) is 9.98. The standard InChI is InChI=1S/C20H32N4O2/c1-14(2)19-18(13-21-15(3)23-19)20(25)22-12-16-4-8-24(9-5-16)17-6-10-26-11-7-17/h13-14,16-17H,4-12H2,1-3H3,(H,22,25). The minimum atomic E-state index is -0.0411. The molecule has 0 bridgehead atoms. The van der Waals surface area contributed by atoms with Gasteiger partial charge in [-0.15, -0.1) is 0 Å². The summed E-state index contributed by atoms with van der Waals surface area (Å²) >= 11 is 0. The summed E-state index contributed by atoms with van der Waals surface area (Å²) in [6, 6.07) is 0.692. The number of likely N-dealkylation sites (tertiary alicyclic amines) is 1. The fourth-order valence-electron chi connectivity index (χ4n) is 4.01. The summed E-state index contributed by atoms with van der Waals surface area (Å²) in [6.45, 7) is 10.8. The smallest absolute Gasteiger partial charge is 0.254 e. The van der Waals surface area contributed by atoms with E-state index in [4.69, 9.17) is 4.74 Å². The Hall–Kier alpha value is -1.53. The van der Waals surface area contributed by atoms with Crippen molar-refractivity contribution < 1.29 is 9.53 Å². The molecule has 2 fully saturated rings. The Morgan fingerprint density at radius 1 is 1.27 bits per heavy atom. The average molecular weight is 361 g/mol. The van der Waals surface area contributed by atoms with Gasteiger partial charge in [-0.3, -0.25) is 4.79 Å². The molecule has 3 rings (SSSR count). The molecule has 1 aromatic rings. The first-order valence-electron chi connectivity index (χ1n) is 9.98. The zero-order valence-corrected chi connectivity index (χ0v) is 16.3. The molecule has 2 saturated heterocycles. The number of nitrogens with one attached hydrogen (secondary N) is 1. The maximum atomic E-state index is 12.6. The number of ether oxygens (including phenoxy) is 1. The largest absolute Gasteiger partial charge is 0.381 e. The SMILES string of the molecule is Cc1ncc(C(=O)NCC2CCN(C3CCOCC3)CC2)c(C(C)C)n1. The Balaban J connectivity index is 1.48. The van der Waals surface area contributed by atoms with Gasteiger partial charge in [0, 0.05) is 32.0 Å². The molecule has 0 saturated carbocycles. The zero-order chi connectivity index (χ0) is 18.5. The van der Waals surface area contributed by atoms with E-state index in [0.29, 0.717) is 23.3 Å². The van der Waals surface area contributed by atoms with E-state index in [9.17, 15) is 4.79 Å². The van der Waals surface area contributed by atoms with E-state index in [0.717, 1.165) is 64.2 Å². The first-order chi connectivity index (χ1) is 12.5. The summed E-state index contributed by atoms with van der Waals surface area (Å²) in [5.41, 5.74) is 1.45. The monoisotopic (exact) mass is 360 g/mol. The molecule has 26 heavy (non-hydrogen) atoms. The number of carbonyl (C=O) groups is 1. The number of aryl methyl sites for hydroxylation is 1. The van der Waals surface area contributed by atoms with Gasteiger partial charge in [0.2, 0.25) is 0 Å². The highest BCUT2D eigenvalue weighted by Gasteiger charge is 2.27. The van der Waals surface area contributed by atoms with Crippen LogP contribution in [0.2, 0.25) is 0 Å². The van der Waals surface area contributed by atoms with Crippen LogP contribution in [0.25, 0.3) is 0 Å². The number of hydrogen-bond donors (Lipinski definition) is 1. The summed E-state index contributed by atoms with van der Waals surface area (Å²) in [7, 11) is 0. The van der Waals surface area contributed by atoms with Gasteiger partial charge in [0.25, 0.3) is 5.91 Å². The number of piperidine rings is 1. The normalized spacial score (nSPS) is 20.5. The molecule has 6 heteroatoms. The predicted molar refractivity (Wildman–Crippen MR) is 101 cm³/mol. The quantitative estimate of drug-likeness (QED) is 0.874. The van der Waals surface area contributed by atoms with Gasteiger partial charge in [0.1, 0.15) is 5.82 Å². The van der Waals surface area contributed by atoms with E-state index < -0.39 is 0 Å². The molecule has 3 heterocycles. The van der Waals surface area contributed by atoms with Crippen molar-refractivity contribution in [2.24, 2.45) is 5.92 Å². The van der Waals surface area contributed by atoms with Crippen LogP contribution in [-0.2, 0) is 4.74 Å². The molecule has 1 amide bonds. The van der Waals surface area contributed by atoms with Crippen molar-refractivity contribution >= 4 is 5.91 Å². The third-order valence-corrected chi connectivity index (χ3v) is 5.64. The molecular formula is C20H32N4O2. The lowest BCUT2D eigenvalue weighted by Gasteiger charge is -2.39. The van der Waals surface area contributed by atoms with Crippen LogP contribution in [0.4, 0.5) is 0 Å². The number of hydrogen-bond acceptors (Lipinski definition) is 5. The van der Waals surface area contributed by atoms with Crippen LogP contribution in [0.5, 0.6) is 0 Å². The Morgan fingerprint density at radius 3 is 2.62 bits per heavy atom. The highest BCUT2D eigenvalue weighted by atomic mass is 16.5. The molecular weight excluding hydrogens is 328 g/mol. The second-order valence-electron chi connectivity index (χ2n) is 7.90. The van der Waals surface area contributed by atoms with E-state index in [2.05, 4.69) is 34.0 Å². The molecule has 144 valence electrons. The Bertz CT molecular complexity index is 606. The molecule has 1 N–H and O–H groups in total. The fraction of sp³-hybridized carbons (Fsp3) is 0.750. The molecule has 0 spiro atoms. The molecule has 0 radical (unpaired) electrons. The van der Waals surface area contributed by atoms with Crippen molar-refractivity contribution in [3.05, 3.63) is 23.3 Å². The predicted octanol–water partition coefficient (Wildman–Crippen LogP) is 2.53. The molecule has 0 atom stereocenters. The van der Waals surface area contributed by atoms with Gasteiger partial charge in [-0.05, 0) is 57.5 Å². The van der Waals surface area contributed by atoms with E-state index in [1.807, 2.05) is 6.92 Å². The van der Waals surface area contributed by atoms with Gasteiger partial charge in [0.05, 0.1) is 11.3 Å². The number of nitrogens with zero attached hydrogens (tertiary/aromatic N) is 3. The van der Waals surface area contributed by atoms with Crippen molar-refractivity contribution in [3.63, 3.8) is 0 Å². The van der Waals surface area contributed by atoms with Crippen molar-refractivity contribution in [2.75, 3.05) is 32.8 Å². The lowest BCUT2D eigenvalue weighted by molar-refractivity contribution is 0.0211. The highest BCUT2D eigenvalue weighted by Crippen LogP contribution is 2.23. The van der Waals surface area contributed by atoms with Gasteiger partial charge in [-0.1, -0.05) is 13.8 Å². The Morgan fingerprint density at radius 2 is 1.96 bits per heavy atom. The van der Waals surface area contributed by atoms with Crippen LogP contribution in [0.15, 0.2) is 6.20 Å². The summed E-state index contributed by atoms with van der Waals surface area (Å²) in [5.74, 6) is 1.44. The summed E-state index contributed by atoms with van der Waals surface area (Å²) in [6.07, 6.45) is 6.29. The van der Waals surface area contributed by atoms with Gasteiger partial charge in [-0.25, -0.2) is 9.97 Å². The van der Waals surface area contributed by atoms with E-state index >= 15 is 0 Å². The van der Waals surface area contributed by atoms with Crippen molar-refractivity contribution in [3.8, 4) is 0 Å². The molecule has 0 aliphatic carbocycles. The molecule has 2 aliphatic heterocycles. The molecule has 6 nitrogen and oxygen atoms in total. The molecule has 0 aromatic carbocycles. The van der Waals surface area contributed by atoms with Crippen LogP contribution in [0.1, 0.15) is 67.3 Å². The molecule has 2 aliphatic rings. The highest BCUT2D eigenvalue weighted by molar-refractivity contribution is 5.95. The summed E-state index contributed by atoms with van der Waals surface area (Å²) in [4.78, 5) is 23.9. The number of carbonyl (C=O) groups excluding carboxylic acids is 1. The van der Waals surface area contributed by atoms with Crippen LogP contribution in [0, 0.1) is 12.8 Å². The van der Waals surface area contributed by atoms with Crippen LogP contribution in [-0.4, -0.2) is 59.7 Å². The van der Waals surface area contributed by atoms with Crippen LogP contribution >= 0.6 is 0 Å². The van der Waals surface area contributed by atoms with E-state index in [1.54, 1.807) is 6.20 Å². The summed E-state index contributed by atoms with van der Waals surface area (Å²) in [5, 5.41) is 3.12. The summed E-state index contributed by atoms with van der Waals surface area (Å²) < 4.78 is 5.47. The van der Waals surface area contributed by atoms with Crippen LogP contribution in [0.3, 0.4) is 0 Å². The fourth-order valence-corrected chi connectivity index (χ4v) is 4.01. The molecule has 1 aromatic heterocycles. The minimum Gasteiger partial charge on any atom is -0.381 e. The second-order valence-corrected chi connectivity index (χ2v) is 7.90. The van der Waals surface area contributed by atoms with Gasteiger partial charge in [0.15, 0.2) is 0 Å². The topological polar surface area (TPSA) is 67.4 Å². The van der Waals surface area contributed by atoms with Crippen LogP contribution < -0.4 is 5.32 Å². The van der Waals surface area contributed by atoms with Gasteiger partial charge in [-0.2, -0.15) is 0 Å². The minimum absolute atomic E-state index is 0.0411. The molecule has 0 unspecified atom stereocenters. The first kappa shape index (κ1) is 19.2. The van der Waals surface area contributed by atoms with Crippen molar-refractivity contribution in [1.82, 2.24) is 20.2 Å². The van der Waals surface area contributed by atoms with Crippen molar-refractivity contribution in [2.45, 2.75) is 58.4 Å². The maximum absolute atomic E-state index is 12.6. The second kappa shape index (κ2) is 8.91. The number of aromatic nitrogens is 2. The lowest BCUT2D eigenvalue weighted by atomic mass is 9.94. The van der Waals surface area contributed by atoms with E-state index in [-0.39, 0.29) is 11.8 Å². The van der Waals surface area contributed by atoms with E-state index in [1.165, 1.54) is 0 Å². The third kappa shape index (κ3) is 4.80. The van der Waals surface area contributed by atoms with Crippen molar-refractivity contribution in [1.29, 1.82) is 0 Å². The number of amides is 1. The number of rotatable bonds is 5. The Labute approximate surface area is 156 Å². The zero-order valence-electron chi connectivity index (χ0n) is 16.3.